The molecule has 1 atom stereocenters. The SMILES string of the molecule is COc1cc(OC)c(C2C(C(=O)Nc3cccnc3)=C(C)Nc3nc(-c4cccnc4)nn32)cc1OC. The van der Waals surface area contributed by atoms with E-state index in [2.05, 4.69) is 25.6 Å². The van der Waals surface area contributed by atoms with Crippen LogP contribution in [0.5, 0.6) is 17.2 Å². The molecule has 4 heterocycles. The summed E-state index contributed by atoms with van der Waals surface area (Å²) >= 11 is 0. The predicted molar refractivity (Wildman–Crippen MR) is 137 cm³/mol. The number of allylic oxidation sites excluding steroid dienone is 1. The summed E-state index contributed by atoms with van der Waals surface area (Å²) in [7, 11) is 4.66. The van der Waals surface area contributed by atoms with Crippen molar-refractivity contribution in [3.63, 3.8) is 0 Å². The van der Waals surface area contributed by atoms with Crippen LogP contribution < -0.4 is 24.8 Å². The number of fused-ring (bicyclic) bond motifs is 1. The predicted octanol–water partition coefficient (Wildman–Crippen LogP) is 3.69. The van der Waals surface area contributed by atoms with E-state index in [-0.39, 0.29) is 5.91 Å². The fraction of sp³-hybridized carbons (Fsp3) is 0.192. The second-order valence-corrected chi connectivity index (χ2v) is 8.16. The van der Waals surface area contributed by atoms with Gasteiger partial charge in [-0.1, -0.05) is 0 Å². The Labute approximate surface area is 213 Å². The second kappa shape index (κ2) is 9.97. The summed E-state index contributed by atoms with van der Waals surface area (Å²) in [4.78, 5) is 26.7. The zero-order valence-corrected chi connectivity index (χ0v) is 20.7. The van der Waals surface area contributed by atoms with Crippen LogP contribution in [-0.2, 0) is 4.79 Å². The normalized spacial score (nSPS) is 14.4. The van der Waals surface area contributed by atoms with Gasteiger partial charge in [0.2, 0.25) is 5.95 Å². The fourth-order valence-electron chi connectivity index (χ4n) is 4.25. The van der Waals surface area contributed by atoms with E-state index in [0.717, 1.165) is 5.56 Å². The van der Waals surface area contributed by atoms with Gasteiger partial charge in [-0.25, -0.2) is 4.68 Å². The van der Waals surface area contributed by atoms with Crippen molar-refractivity contribution in [2.24, 2.45) is 0 Å². The molecule has 0 saturated heterocycles. The number of aromatic nitrogens is 5. The molecule has 188 valence electrons. The molecule has 3 aromatic heterocycles. The van der Waals surface area contributed by atoms with E-state index in [4.69, 9.17) is 19.3 Å². The molecule has 1 aliphatic rings. The average molecular weight is 500 g/mol. The summed E-state index contributed by atoms with van der Waals surface area (Å²) in [5, 5.41) is 10.9. The lowest BCUT2D eigenvalue weighted by molar-refractivity contribution is -0.113. The Hall–Kier alpha value is -4.93. The van der Waals surface area contributed by atoms with Crippen LogP contribution in [0.25, 0.3) is 11.4 Å². The van der Waals surface area contributed by atoms with Crippen LogP contribution in [-0.4, -0.2) is 52.0 Å². The van der Waals surface area contributed by atoms with Gasteiger partial charge in [0.15, 0.2) is 17.3 Å². The number of carbonyl (C=O) groups is 1. The molecule has 0 radical (unpaired) electrons. The third-order valence-electron chi connectivity index (χ3n) is 5.97. The highest BCUT2D eigenvalue weighted by Crippen LogP contribution is 2.44. The number of rotatable bonds is 7. The summed E-state index contributed by atoms with van der Waals surface area (Å²) < 4.78 is 18.4. The lowest BCUT2D eigenvalue weighted by Gasteiger charge is -2.30. The molecule has 0 aliphatic carbocycles. The van der Waals surface area contributed by atoms with Crippen molar-refractivity contribution in [3.8, 4) is 28.6 Å². The van der Waals surface area contributed by atoms with E-state index in [1.807, 2.05) is 19.1 Å². The van der Waals surface area contributed by atoms with Gasteiger partial charge in [0.25, 0.3) is 5.91 Å². The van der Waals surface area contributed by atoms with Crippen LogP contribution in [0.15, 0.2) is 72.5 Å². The van der Waals surface area contributed by atoms with E-state index in [0.29, 0.717) is 51.5 Å². The molecule has 0 spiro atoms. The van der Waals surface area contributed by atoms with Crippen molar-refractivity contribution in [1.29, 1.82) is 0 Å². The van der Waals surface area contributed by atoms with Gasteiger partial charge >= 0.3 is 0 Å². The number of anilines is 2. The van der Waals surface area contributed by atoms with Crippen molar-refractivity contribution in [2.45, 2.75) is 13.0 Å². The topological polar surface area (TPSA) is 125 Å². The molecule has 11 nitrogen and oxygen atoms in total. The third kappa shape index (κ3) is 4.42. The van der Waals surface area contributed by atoms with Gasteiger partial charge in [-0.3, -0.25) is 14.8 Å². The van der Waals surface area contributed by atoms with Gasteiger partial charge in [-0.15, -0.1) is 5.10 Å². The van der Waals surface area contributed by atoms with Crippen molar-refractivity contribution >= 4 is 17.5 Å². The zero-order chi connectivity index (χ0) is 25.9. The van der Waals surface area contributed by atoms with Crippen molar-refractivity contribution in [3.05, 3.63) is 78.0 Å². The molecule has 37 heavy (non-hydrogen) atoms. The number of amides is 1. The van der Waals surface area contributed by atoms with Crippen molar-refractivity contribution in [1.82, 2.24) is 24.7 Å². The van der Waals surface area contributed by atoms with Crippen LogP contribution in [0.1, 0.15) is 18.5 Å². The minimum Gasteiger partial charge on any atom is -0.496 e. The van der Waals surface area contributed by atoms with Crippen LogP contribution in [0.2, 0.25) is 0 Å². The number of pyridine rings is 2. The number of methoxy groups -OCH3 is 3. The van der Waals surface area contributed by atoms with Gasteiger partial charge in [-0.05, 0) is 37.3 Å². The van der Waals surface area contributed by atoms with E-state index in [1.54, 1.807) is 75.1 Å². The molecular formula is C26H25N7O4. The molecule has 0 saturated carbocycles. The maximum atomic E-state index is 13.7. The lowest BCUT2D eigenvalue weighted by Crippen LogP contribution is -2.31. The van der Waals surface area contributed by atoms with Crippen LogP contribution >= 0.6 is 0 Å². The van der Waals surface area contributed by atoms with Crippen LogP contribution in [0, 0.1) is 0 Å². The standard InChI is InChI=1S/C26H25N7O4/c1-15-22(25(34)30-17-8-6-10-28-14-17)23(18-11-20(36-3)21(37-4)12-19(18)35-2)33-26(29-15)31-24(32-33)16-7-5-9-27-13-16/h5-14,23H,1-4H3,(H,30,34)(H,29,31,32). The second-order valence-electron chi connectivity index (χ2n) is 8.16. The van der Waals surface area contributed by atoms with E-state index < -0.39 is 6.04 Å². The van der Waals surface area contributed by atoms with Crippen LogP contribution in [0.3, 0.4) is 0 Å². The van der Waals surface area contributed by atoms with E-state index >= 15 is 0 Å². The number of benzene rings is 1. The Morgan fingerprint density at radius 2 is 1.68 bits per heavy atom. The van der Waals surface area contributed by atoms with Crippen LogP contribution in [0.4, 0.5) is 11.6 Å². The van der Waals surface area contributed by atoms with Crippen molar-refractivity contribution in [2.75, 3.05) is 32.0 Å². The molecule has 1 unspecified atom stereocenters. The highest BCUT2D eigenvalue weighted by molar-refractivity contribution is 6.06. The van der Waals surface area contributed by atoms with Crippen molar-refractivity contribution < 1.29 is 19.0 Å². The Bertz CT molecular complexity index is 1470. The maximum Gasteiger partial charge on any atom is 0.255 e. The lowest BCUT2D eigenvalue weighted by atomic mass is 9.93. The minimum atomic E-state index is -0.708. The summed E-state index contributed by atoms with van der Waals surface area (Å²) in [5.41, 5.74) is 2.97. The molecule has 5 rings (SSSR count). The third-order valence-corrected chi connectivity index (χ3v) is 5.97. The monoisotopic (exact) mass is 499 g/mol. The van der Waals surface area contributed by atoms with E-state index in [1.165, 1.54) is 0 Å². The highest BCUT2D eigenvalue weighted by atomic mass is 16.5. The average Bonchev–Trinajstić information content (AvgIpc) is 3.36. The van der Waals surface area contributed by atoms with Gasteiger partial charge in [0, 0.05) is 41.5 Å². The number of hydrogen-bond donors (Lipinski definition) is 2. The van der Waals surface area contributed by atoms with Gasteiger partial charge < -0.3 is 24.8 Å². The Morgan fingerprint density at radius 3 is 2.32 bits per heavy atom. The Morgan fingerprint density at radius 1 is 0.973 bits per heavy atom. The first-order valence-electron chi connectivity index (χ1n) is 11.4. The minimum absolute atomic E-state index is 0.330. The molecule has 1 aromatic carbocycles. The summed E-state index contributed by atoms with van der Waals surface area (Å²) in [6.45, 7) is 1.82. The van der Waals surface area contributed by atoms with Gasteiger partial charge in [0.05, 0.1) is 38.8 Å². The number of ether oxygens (including phenoxy) is 3. The highest BCUT2D eigenvalue weighted by Gasteiger charge is 2.37. The molecule has 0 fully saturated rings. The number of hydrogen-bond acceptors (Lipinski definition) is 9. The number of nitrogens with one attached hydrogen (secondary N) is 2. The van der Waals surface area contributed by atoms with E-state index in [9.17, 15) is 4.79 Å². The quantitative estimate of drug-likeness (QED) is 0.392. The summed E-state index contributed by atoms with van der Waals surface area (Å²) in [6.07, 6.45) is 6.59. The molecule has 0 bridgehead atoms. The summed E-state index contributed by atoms with van der Waals surface area (Å²) in [5.74, 6) is 2.07. The molecule has 2 N–H and O–H groups in total. The first-order valence-corrected chi connectivity index (χ1v) is 11.4. The Balaban J connectivity index is 1.69. The largest absolute Gasteiger partial charge is 0.496 e. The van der Waals surface area contributed by atoms with Gasteiger partial charge in [-0.2, -0.15) is 4.98 Å². The smallest absolute Gasteiger partial charge is 0.255 e. The first kappa shape index (κ1) is 23.8. The first-order chi connectivity index (χ1) is 18.0. The summed E-state index contributed by atoms with van der Waals surface area (Å²) in [6, 6.07) is 10.0. The molecule has 1 amide bonds. The zero-order valence-electron chi connectivity index (χ0n) is 20.7. The van der Waals surface area contributed by atoms with Gasteiger partial charge in [0.1, 0.15) is 11.8 Å². The number of carbonyl (C=O) groups excluding carboxylic acids is 1. The fourth-order valence-corrected chi connectivity index (χ4v) is 4.25. The molecule has 1 aliphatic heterocycles. The molecule has 11 heteroatoms. The molecular weight excluding hydrogens is 474 g/mol. The maximum absolute atomic E-state index is 13.7. The number of nitrogens with zero attached hydrogens (tertiary/aromatic N) is 5. The molecule has 4 aromatic rings. The Kier molecular flexibility index (Phi) is 6.42.